The zero-order valence-corrected chi connectivity index (χ0v) is 17.3. The van der Waals surface area contributed by atoms with Gasteiger partial charge >= 0.3 is 0 Å². The van der Waals surface area contributed by atoms with Crippen molar-refractivity contribution in [2.24, 2.45) is 5.92 Å². The Kier molecular flexibility index (Phi) is 7.23. The second kappa shape index (κ2) is 9.02. The maximum Gasteiger partial charge on any atom is 0.255 e. The molecule has 0 saturated heterocycles. The predicted octanol–water partition coefficient (Wildman–Crippen LogP) is 3.57. The van der Waals surface area contributed by atoms with E-state index in [1.807, 2.05) is 13.8 Å². The number of carbonyl (C=O) groups excluding carboxylic acids is 2. The van der Waals surface area contributed by atoms with Gasteiger partial charge < -0.3 is 15.7 Å². The summed E-state index contributed by atoms with van der Waals surface area (Å²) in [5, 5.41) is 16.4. The van der Waals surface area contributed by atoms with Crippen LogP contribution in [0.3, 0.4) is 0 Å². The maximum absolute atomic E-state index is 12.7. The highest BCUT2D eigenvalue weighted by molar-refractivity contribution is 6.29. The third-order valence-electron chi connectivity index (χ3n) is 4.90. The van der Waals surface area contributed by atoms with Crippen LogP contribution in [0, 0.1) is 5.92 Å². The van der Waals surface area contributed by atoms with Crippen molar-refractivity contribution in [3.63, 3.8) is 0 Å². The van der Waals surface area contributed by atoms with E-state index in [2.05, 4.69) is 15.6 Å². The Morgan fingerprint density at radius 1 is 1.30 bits per heavy atom. The normalized spacial score (nSPS) is 20.4. The molecule has 0 radical (unpaired) electrons. The van der Waals surface area contributed by atoms with Crippen molar-refractivity contribution in [2.45, 2.75) is 77.5 Å². The Morgan fingerprint density at radius 2 is 1.93 bits per heavy atom. The minimum Gasteiger partial charge on any atom is -0.383 e. The van der Waals surface area contributed by atoms with Gasteiger partial charge in [-0.15, -0.1) is 0 Å². The van der Waals surface area contributed by atoms with Gasteiger partial charge in [0.2, 0.25) is 0 Å². The van der Waals surface area contributed by atoms with E-state index in [-0.39, 0.29) is 29.7 Å². The van der Waals surface area contributed by atoms with Crippen LogP contribution in [0.2, 0.25) is 5.15 Å². The lowest BCUT2D eigenvalue weighted by Crippen LogP contribution is -2.39. The van der Waals surface area contributed by atoms with Crippen LogP contribution in [0.15, 0.2) is 12.3 Å². The van der Waals surface area contributed by atoms with Gasteiger partial charge in [0, 0.05) is 24.7 Å². The summed E-state index contributed by atoms with van der Waals surface area (Å²) >= 11 is 5.96. The number of rotatable bonds is 7. The smallest absolute Gasteiger partial charge is 0.255 e. The number of carbonyl (C=O) groups is 2. The fourth-order valence-electron chi connectivity index (χ4n) is 3.33. The summed E-state index contributed by atoms with van der Waals surface area (Å²) < 4.78 is 0. The van der Waals surface area contributed by atoms with Crippen LogP contribution >= 0.6 is 11.6 Å². The van der Waals surface area contributed by atoms with Crippen LogP contribution in [0.1, 0.15) is 70.2 Å². The fourth-order valence-corrected chi connectivity index (χ4v) is 3.49. The van der Waals surface area contributed by atoms with Gasteiger partial charge in [-0.3, -0.25) is 9.59 Å². The predicted molar refractivity (Wildman–Crippen MR) is 107 cm³/mol. The Hall–Kier alpha value is -1.66. The minimum atomic E-state index is -1.27. The van der Waals surface area contributed by atoms with E-state index in [0.717, 1.165) is 25.7 Å². The van der Waals surface area contributed by atoms with Crippen molar-refractivity contribution in [3.05, 3.63) is 23.0 Å². The van der Waals surface area contributed by atoms with Gasteiger partial charge in [0.05, 0.1) is 11.3 Å². The molecule has 0 spiro atoms. The summed E-state index contributed by atoms with van der Waals surface area (Å²) in [6, 6.07) is 1.91. The summed E-state index contributed by atoms with van der Waals surface area (Å²) in [6.45, 7) is 7.05. The third kappa shape index (κ3) is 6.47. The van der Waals surface area contributed by atoms with Crippen LogP contribution in [0.4, 0.5) is 5.69 Å². The number of anilines is 1. The van der Waals surface area contributed by atoms with Crippen molar-refractivity contribution >= 4 is 29.0 Å². The second-order valence-corrected chi connectivity index (χ2v) is 8.62. The number of nitrogens with one attached hydrogen (secondary N) is 2. The SMILES string of the molecule is CC(C)Nc1cc(Cl)ncc1C(=O)NC1CCC(CC(=O)C(C)(C)O)CC1. The van der Waals surface area contributed by atoms with Crippen molar-refractivity contribution in [1.82, 2.24) is 10.3 Å². The van der Waals surface area contributed by atoms with Crippen molar-refractivity contribution in [3.8, 4) is 0 Å². The number of nitrogens with zero attached hydrogens (tertiary/aromatic N) is 1. The third-order valence-corrected chi connectivity index (χ3v) is 5.10. The Labute approximate surface area is 166 Å². The average molecular weight is 396 g/mol. The molecule has 1 fully saturated rings. The van der Waals surface area contributed by atoms with Crippen LogP contribution in [0.25, 0.3) is 0 Å². The molecule has 2 rings (SSSR count). The van der Waals surface area contributed by atoms with E-state index in [4.69, 9.17) is 11.6 Å². The van der Waals surface area contributed by atoms with Gasteiger partial charge in [-0.05, 0) is 65.4 Å². The molecule has 1 saturated carbocycles. The molecule has 6 nitrogen and oxygen atoms in total. The molecule has 1 aromatic rings. The quantitative estimate of drug-likeness (QED) is 0.614. The molecule has 0 atom stereocenters. The molecule has 0 aliphatic heterocycles. The number of halogens is 1. The number of Topliss-reactive ketones (excluding diaryl/α,β-unsaturated/α-hetero) is 1. The zero-order chi connectivity index (χ0) is 20.2. The number of hydrogen-bond donors (Lipinski definition) is 3. The summed E-state index contributed by atoms with van der Waals surface area (Å²) in [4.78, 5) is 28.7. The topological polar surface area (TPSA) is 91.3 Å². The molecule has 1 aromatic heterocycles. The van der Waals surface area contributed by atoms with E-state index in [1.54, 1.807) is 6.07 Å². The minimum absolute atomic E-state index is 0.0774. The Bertz CT molecular complexity index is 678. The summed E-state index contributed by atoms with van der Waals surface area (Å²) in [7, 11) is 0. The number of amides is 1. The molecule has 7 heteroatoms. The van der Waals surface area contributed by atoms with Crippen molar-refractivity contribution in [1.29, 1.82) is 0 Å². The number of pyridine rings is 1. The van der Waals surface area contributed by atoms with Gasteiger partial charge in [-0.1, -0.05) is 11.6 Å². The number of aromatic nitrogens is 1. The van der Waals surface area contributed by atoms with Crippen LogP contribution < -0.4 is 10.6 Å². The lowest BCUT2D eigenvalue weighted by atomic mass is 9.81. The molecular weight excluding hydrogens is 366 g/mol. The molecule has 0 bridgehead atoms. The number of aliphatic hydroxyl groups is 1. The molecule has 0 aromatic carbocycles. The monoisotopic (exact) mass is 395 g/mol. The first-order chi connectivity index (χ1) is 12.6. The first-order valence-electron chi connectivity index (χ1n) is 9.55. The summed E-state index contributed by atoms with van der Waals surface area (Å²) in [6.07, 6.45) is 5.27. The Morgan fingerprint density at radius 3 is 2.48 bits per heavy atom. The van der Waals surface area contributed by atoms with Gasteiger partial charge in [-0.25, -0.2) is 4.98 Å². The highest BCUT2D eigenvalue weighted by Crippen LogP contribution is 2.29. The standard InChI is InChI=1S/C20H30ClN3O3/c1-12(2)23-16-10-18(21)22-11-15(16)19(26)24-14-7-5-13(6-8-14)9-17(25)20(3,4)27/h10-14,27H,5-9H2,1-4H3,(H,22,23)(H,24,26). The second-order valence-electron chi connectivity index (χ2n) is 8.23. The van der Waals surface area contributed by atoms with E-state index >= 15 is 0 Å². The molecule has 150 valence electrons. The van der Waals surface area contributed by atoms with Crippen molar-refractivity contribution < 1.29 is 14.7 Å². The molecule has 1 aliphatic carbocycles. The van der Waals surface area contributed by atoms with Crippen LogP contribution in [0.5, 0.6) is 0 Å². The van der Waals surface area contributed by atoms with Crippen LogP contribution in [-0.4, -0.2) is 39.5 Å². The maximum atomic E-state index is 12.7. The summed E-state index contributed by atoms with van der Waals surface area (Å²) in [5.41, 5.74) is -0.119. The highest BCUT2D eigenvalue weighted by atomic mass is 35.5. The molecule has 1 heterocycles. The largest absolute Gasteiger partial charge is 0.383 e. The Balaban J connectivity index is 1.92. The lowest BCUT2D eigenvalue weighted by Gasteiger charge is -2.30. The van der Waals surface area contributed by atoms with E-state index in [0.29, 0.717) is 22.8 Å². The van der Waals surface area contributed by atoms with Crippen molar-refractivity contribution in [2.75, 3.05) is 5.32 Å². The van der Waals surface area contributed by atoms with Gasteiger partial charge in [0.1, 0.15) is 10.8 Å². The molecule has 0 unspecified atom stereocenters. The zero-order valence-electron chi connectivity index (χ0n) is 16.5. The highest BCUT2D eigenvalue weighted by Gasteiger charge is 2.30. The number of ketones is 1. The van der Waals surface area contributed by atoms with Crippen LogP contribution in [-0.2, 0) is 4.79 Å². The van der Waals surface area contributed by atoms with Gasteiger partial charge in [-0.2, -0.15) is 0 Å². The lowest BCUT2D eigenvalue weighted by molar-refractivity contribution is -0.135. The first kappa shape index (κ1) is 21.6. The molecule has 27 heavy (non-hydrogen) atoms. The van der Waals surface area contributed by atoms with E-state index in [9.17, 15) is 14.7 Å². The van der Waals surface area contributed by atoms with E-state index in [1.165, 1.54) is 20.0 Å². The van der Waals surface area contributed by atoms with Gasteiger partial charge in [0.25, 0.3) is 5.91 Å². The molecule has 1 amide bonds. The van der Waals surface area contributed by atoms with E-state index < -0.39 is 5.60 Å². The molecule has 3 N–H and O–H groups in total. The first-order valence-corrected chi connectivity index (χ1v) is 9.92. The molecule has 1 aliphatic rings. The van der Waals surface area contributed by atoms with Gasteiger partial charge in [0.15, 0.2) is 5.78 Å². The average Bonchev–Trinajstić information content (AvgIpc) is 2.55. The summed E-state index contributed by atoms with van der Waals surface area (Å²) in [5.74, 6) is -0.0163. The molecular formula is C20H30ClN3O3. The fraction of sp³-hybridized carbons (Fsp3) is 0.650. The number of hydrogen-bond acceptors (Lipinski definition) is 5.